The molecule has 10 rings (SSSR count). The van der Waals surface area contributed by atoms with E-state index in [4.69, 9.17) is 14.7 Å². The van der Waals surface area contributed by atoms with Gasteiger partial charge in [-0.2, -0.15) is 5.10 Å². The van der Waals surface area contributed by atoms with Gasteiger partial charge in [0.25, 0.3) is 5.91 Å². The van der Waals surface area contributed by atoms with Crippen LogP contribution in [-0.4, -0.2) is 100 Å². The molecule has 4 aliphatic heterocycles. The summed E-state index contributed by atoms with van der Waals surface area (Å²) in [6.45, 7) is 11.4. The molecule has 2 N–H and O–H groups in total. The van der Waals surface area contributed by atoms with Crippen molar-refractivity contribution in [1.29, 1.82) is 0 Å². The van der Waals surface area contributed by atoms with E-state index in [-0.39, 0.29) is 23.9 Å². The van der Waals surface area contributed by atoms with Gasteiger partial charge in [0.05, 0.1) is 46.1 Å². The second-order valence-corrected chi connectivity index (χ2v) is 18.5. The summed E-state index contributed by atoms with van der Waals surface area (Å²) in [6, 6.07) is 15.4. The minimum absolute atomic E-state index is 0.222. The topological polar surface area (TPSA) is 166 Å². The van der Waals surface area contributed by atoms with Gasteiger partial charge < -0.3 is 14.2 Å². The smallest absolute Gasteiger partial charge is 0.329 e. The number of rotatable bonds is 6. The predicted octanol–water partition coefficient (Wildman–Crippen LogP) is 4.97. The monoisotopic (exact) mass is 853 g/mol. The average Bonchev–Trinajstić information content (AvgIpc) is 3.87. The van der Waals surface area contributed by atoms with Crippen LogP contribution in [0.2, 0.25) is 0 Å². The van der Waals surface area contributed by atoms with E-state index in [1.165, 1.54) is 5.56 Å². The van der Waals surface area contributed by atoms with Crippen LogP contribution in [0.15, 0.2) is 59.5 Å². The summed E-state index contributed by atoms with van der Waals surface area (Å²) in [5, 5.41) is 9.98. The van der Waals surface area contributed by atoms with Crippen molar-refractivity contribution in [2.45, 2.75) is 77.9 Å². The Balaban J connectivity index is 0.792. The van der Waals surface area contributed by atoms with Crippen LogP contribution < -0.4 is 21.1 Å². The van der Waals surface area contributed by atoms with Crippen LogP contribution in [0.25, 0.3) is 33.3 Å². The van der Waals surface area contributed by atoms with Crippen LogP contribution in [-0.2, 0) is 43.2 Å². The van der Waals surface area contributed by atoms with Crippen molar-refractivity contribution < 1.29 is 19.1 Å². The van der Waals surface area contributed by atoms with E-state index in [0.717, 1.165) is 110 Å². The average molecular weight is 854 g/mol. The largest absolute Gasteiger partial charge is 0.477 e. The second kappa shape index (κ2) is 16.2. The summed E-state index contributed by atoms with van der Waals surface area (Å²) in [5.41, 5.74) is 8.52. The van der Waals surface area contributed by atoms with Crippen LogP contribution in [0.5, 0.6) is 5.88 Å². The number of nitrogens with one attached hydrogen (secondary N) is 2. The number of carbonyl (C=O) groups is 3. The van der Waals surface area contributed by atoms with Crippen molar-refractivity contribution in [3.8, 4) is 17.1 Å². The molecule has 0 radical (unpaired) electrons. The lowest BCUT2D eigenvalue weighted by atomic mass is 9.72. The van der Waals surface area contributed by atoms with E-state index < -0.39 is 11.9 Å². The third-order valence-corrected chi connectivity index (χ3v) is 13.8. The predicted molar refractivity (Wildman–Crippen MR) is 238 cm³/mol. The number of carbonyl (C=O) groups excluding carboxylic acids is 3. The summed E-state index contributed by atoms with van der Waals surface area (Å²) in [7, 11) is 3.62. The molecule has 4 aromatic heterocycles. The van der Waals surface area contributed by atoms with Crippen molar-refractivity contribution in [2.24, 2.45) is 25.4 Å². The van der Waals surface area contributed by atoms with Gasteiger partial charge in [0.1, 0.15) is 6.04 Å². The minimum Gasteiger partial charge on any atom is -0.477 e. The maximum absolute atomic E-state index is 13.9. The molecular weight excluding hydrogens is 799 g/mol. The van der Waals surface area contributed by atoms with Gasteiger partial charge in [-0.25, -0.2) is 14.5 Å². The molecule has 328 valence electrons. The van der Waals surface area contributed by atoms with E-state index in [2.05, 4.69) is 61.3 Å². The van der Waals surface area contributed by atoms with Crippen molar-refractivity contribution in [3.63, 3.8) is 0 Å². The van der Waals surface area contributed by atoms with Gasteiger partial charge in [0.2, 0.25) is 23.6 Å². The molecule has 1 unspecified atom stereocenters. The van der Waals surface area contributed by atoms with E-state index in [1.807, 2.05) is 26.1 Å². The van der Waals surface area contributed by atoms with Gasteiger partial charge in [0.15, 0.2) is 0 Å². The number of fused-ring (bicyclic) bond motifs is 8. The Bertz CT molecular complexity index is 2830. The highest BCUT2D eigenvalue weighted by atomic mass is 16.5. The normalized spacial score (nSPS) is 21.0. The Morgan fingerprint density at radius 3 is 2.56 bits per heavy atom. The number of nitrogens with zero attached hydrogens (tertiary/aromatic N) is 9. The zero-order chi connectivity index (χ0) is 43.6. The van der Waals surface area contributed by atoms with Gasteiger partial charge >= 0.3 is 5.69 Å². The Kier molecular flexibility index (Phi) is 10.5. The molecule has 0 saturated carbocycles. The zero-order valence-electron chi connectivity index (χ0n) is 36.5. The molecule has 16 nitrogen and oxygen atoms in total. The van der Waals surface area contributed by atoms with E-state index in [0.29, 0.717) is 54.0 Å². The third kappa shape index (κ3) is 7.73. The van der Waals surface area contributed by atoms with Crippen LogP contribution in [0.3, 0.4) is 0 Å². The van der Waals surface area contributed by atoms with Crippen LogP contribution in [0.4, 0.5) is 5.95 Å². The number of hydrogen-bond acceptors (Lipinski definition) is 10. The number of hydrogen-bond donors (Lipinski definition) is 2. The Hall–Kier alpha value is -6.13. The number of para-hydroxylation sites is 1. The van der Waals surface area contributed by atoms with Gasteiger partial charge in [-0.15, -0.1) is 0 Å². The van der Waals surface area contributed by atoms with Crippen molar-refractivity contribution in [3.05, 3.63) is 87.6 Å². The highest BCUT2D eigenvalue weighted by molar-refractivity contribution is 6.05. The lowest BCUT2D eigenvalue weighted by Crippen LogP contribution is -2.60. The number of aromatic nitrogens is 7. The Morgan fingerprint density at radius 2 is 1.75 bits per heavy atom. The summed E-state index contributed by atoms with van der Waals surface area (Å²) in [4.78, 5) is 66.6. The summed E-state index contributed by atoms with van der Waals surface area (Å²) >= 11 is 0. The molecule has 3 saturated heterocycles. The fraction of sp³-hybridized carbons (Fsp3) is 0.468. The molecule has 1 spiro atoms. The first-order chi connectivity index (χ1) is 30.4. The highest BCUT2D eigenvalue weighted by Gasteiger charge is 2.44. The third-order valence-electron chi connectivity index (χ3n) is 13.8. The highest BCUT2D eigenvalue weighted by Crippen LogP contribution is 2.41. The molecule has 2 aromatic carbocycles. The SMILES string of the molecule is Cc1cc2cc(n1)-c1cnn(C)c1OCCC[C@@H](C)Cn1c(nc3ccc(CN4CCC5(CC4)CN(CCc4cccc6c4n(C)c(=O)n6C4CCC(=O)NC4=O)C5)cc31)NC2=O. The van der Waals surface area contributed by atoms with E-state index in [9.17, 15) is 19.2 Å². The number of ether oxygens (including phenoxy) is 1. The number of likely N-dealkylation sites (tertiary alicyclic amines) is 2. The maximum atomic E-state index is 13.9. The van der Waals surface area contributed by atoms with Crippen LogP contribution in [0, 0.1) is 18.3 Å². The molecule has 6 aromatic rings. The molecule has 2 atom stereocenters. The molecule has 3 amide bonds. The maximum Gasteiger partial charge on any atom is 0.329 e. The summed E-state index contributed by atoms with van der Waals surface area (Å²) in [6.07, 6.45) is 7.20. The fourth-order valence-corrected chi connectivity index (χ4v) is 10.5. The van der Waals surface area contributed by atoms with Gasteiger partial charge in [-0.05, 0) is 111 Å². The molecule has 0 aliphatic carbocycles. The van der Waals surface area contributed by atoms with Gasteiger partial charge in [-0.1, -0.05) is 25.1 Å². The first-order valence-electron chi connectivity index (χ1n) is 22.3. The Morgan fingerprint density at radius 1 is 0.921 bits per heavy atom. The minimum atomic E-state index is -0.688. The molecule has 4 aliphatic rings. The van der Waals surface area contributed by atoms with Crippen LogP contribution in [0.1, 0.15) is 78.7 Å². The number of imide groups is 1. The molecule has 16 heteroatoms. The van der Waals surface area contributed by atoms with Gasteiger partial charge in [-0.3, -0.25) is 44.0 Å². The number of piperidine rings is 2. The first-order valence-corrected chi connectivity index (χ1v) is 22.3. The number of aryl methyl sites for hydroxylation is 3. The standard InChI is InChI=1S/C47H55N11O5/c1-29-7-6-20-63-44-34(24-48-54(44)4)36-23-33(21-30(2)49-36)42(60)52-45-50-35-11-10-31(22-39(35)57(45)25-29)26-55-18-15-47(16-19-55)27-56(28-47)17-14-32-8-5-9-37-41(32)53(3)46(62)58(37)38-12-13-40(59)51-43(38)61/h5,8-11,21-24,29,38H,6-7,12-20,25-28H2,1-4H3,(H,50,52,60)(H,51,59,61)/t29-,38?/m1/s1. The van der Waals surface area contributed by atoms with Crippen molar-refractivity contribution in [1.82, 2.24) is 48.6 Å². The number of pyridine rings is 1. The molecule has 8 heterocycles. The molecule has 3 fully saturated rings. The molecule has 2 bridgehead atoms. The summed E-state index contributed by atoms with van der Waals surface area (Å²) in [5.74, 6) is 0.549. The number of benzene rings is 2. The lowest BCUT2D eigenvalue weighted by Gasteiger charge is -2.54. The second-order valence-electron chi connectivity index (χ2n) is 18.5. The fourth-order valence-electron chi connectivity index (χ4n) is 10.5. The summed E-state index contributed by atoms with van der Waals surface area (Å²) < 4.78 is 13.4. The van der Waals surface area contributed by atoms with Gasteiger partial charge in [0, 0.05) is 64.5 Å². The lowest BCUT2D eigenvalue weighted by molar-refractivity contribution is -0.135. The molecule has 63 heavy (non-hydrogen) atoms. The van der Waals surface area contributed by atoms with Crippen molar-refractivity contribution in [2.75, 3.05) is 44.6 Å². The first kappa shape index (κ1) is 40.9. The van der Waals surface area contributed by atoms with Crippen molar-refractivity contribution >= 4 is 45.7 Å². The Labute approximate surface area is 365 Å². The van der Waals surface area contributed by atoms with Crippen LogP contribution >= 0.6 is 0 Å². The number of imidazole rings is 2. The van der Waals surface area contributed by atoms with E-state index >= 15 is 0 Å². The zero-order valence-corrected chi connectivity index (χ0v) is 36.5. The number of amides is 3. The quantitative estimate of drug-likeness (QED) is 0.219. The number of anilines is 1. The molecular formula is C47H55N11O5. The van der Waals surface area contributed by atoms with E-state index in [1.54, 1.807) is 39.2 Å².